The number of aryl methyl sites for hydroxylation is 1. The molecule has 1 aromatic carbocycles. The topological polar surface area (TPSA) is 75.9 Å². The smallest absolute Gasteiger partial charge is 0.223 e. The summed E-state index contributed by atoms with van der Waals surface area (Å²) >= 11 is 0. The highest BCUT2D eigenvalue weighted by Crippen LogP contribution is 2.16. The van der Waals surface area contributed by atoms with Gasteiger partial charge in [0, 0.05) is 23.0 Å². The largest absolute Gasteiger partial charge is 0.369 e. The van der Waals surface area contributed by atoms with Crippen LogP contribution in [-0.4, -0.2) is 16.7 Å². The van der Waals surface area contributed by atoms with E-state index >= 15 is 0 Å². The molecular weight excluding hydrogens is 228 g/mol. The summed E-state index contributed by atoms with van der Waals surface area (Å²) in [4.78, 5) is 26.2. The second kappa shape index (κ2) is 4.87. The van der Waals surface area contributed by atoms with Crippen molar-refractivity contribution in [2.24, 2.45) is 5.73 Å². The van der Waals surface area contributed by atoms with Crippen LogP contribution in [0.2, 0.25) is 0 Å². The predicted octanol–water partition coefficient (Wildman–Crippen LogP) is 1.58. The number of ketones is 1. The third kappa shape index (κ3) is 2.32. The van der Waals surface area contributed by atoms with Gasteiger partial charge < -0.3 is 10.7 Å². The van der Waals surface area contributed by atoms with Gasteiger partial charge in [-0.15, -0.1) is 0 Å². The number of amides is 1. The number of carbonyl (C=O) groups is 2. The molecule has 3 N–H and O–H groups in total. The van der Waals surface area contributed by atoms with Crippen molar-refractivity contribution in [2.45, 2.75) is 13.3 Å². The number of carbonyl (C=O) groups excluding carboxylic acids is 2. The highest BCUT2D eigenvalue weighted by Gasteiger charge is 2.17. The molecule has 0 aliphatic heterocycles. The number of primary amides is 1. The zero-order chi connectivity index (χ0) is 13.1. The summed E-state index contributed by atoms with van der Waals surface area (Å²) in [5, 5.41) is 0. The van der Waals surface area contributed by atoms with Crippen LogP contribution in [0.4, 0.5) is 0 Å². The van der Waals surface area contributed by atoms with Crippen LogP contribution in [0.3, 0.4) is 0 Å². The van der Waals surface area contributed by atoms with Gasteiger partial charge in [-0.05, 0) is 18.6 Å². The molecule has 4 nitrogen and oxygen atoms in total. The maximum Gasteiger partial charge on any atom is 0.223 e. The first kappa shape index (κ1) is 12.1. The van der Waals surface area contributed by atoms with Crippen molar-refractivity contribution >= 4 is 11.7 Å². The molecular formula is C14H14N2O2. The third-order valence-corrected chi connectivity index (χ3v) is 2.82. The first-order chi connectivity index (χ1) is 8.59. The van der Waals surface area contributed by atoms with E-state index in [1.807, 2.05) is 25.1 Å². The van der Waals surface area contributed by atoms with E-state index in [1.165, 1.54) is 0 Å². The lowest BCUT2D eigenvalue weighted by Gasteiger charge is -2.05. The Labute approximate surface area is 105 Å². The lowest BCUT2D eigenvalue weighted by molar-refractivity contribution is -0.117. The Balaban J connectivity index is 2.38. The van der Waals surface area contributed by atoms with Crippen LogP contribution in [0.5, 0.6) is 0 Å². The number of rotatable bonds is 4. The van der Waals surface area contributed by atoms with Gasteiger partial charge in [0.1, 0.15) is 0 Å². The van der Waals surface area contributed by atoms with Gasteiger partial charge in [0.15, 0.2) is 5.78 Å². The van der Waals surface area contributed by atoms with Crippen molar-refractivity contribution in [1.29, 1.82) is 0 Å². The Morgan fingerprint density at radius 3 is 2.56 bits per heavy atom. The molecule has 1 heterocycles. The van der Waals surface area contributed by atoms with E-state index in [-0.39, 0.29) is 12.2 Å². The number of benzene rings is 1. The van der Waals surface area contributed by atoms with Gasteiger partial charge in [-0.2, -0.15) is 0 Å². The molecule has 18 heavy (non-hydrogen) atoms. The fourth-order valence-corrected chi connectivity index (χ4v) is 1.91. The highest BCUT2D eigenvalue weighted by atomic mass is 16.1. The molecule has 0 fully saturated rings. The first-order valence-corrected chi connectivity index (χ1v) is 5.64. The molecule has 0 saturated carbocycles. The van der Waals surface area contributed by atoms with Gasteiger partial charge >= 0.3 is 0 Å². The molecule has 0 radical (unpaired) electrons. The molecule has 2 aromatic rings. The molecule has 0 spiro atoms. The number of H-pyrrole nitrogens is 1. The molecule has 4 heteroatoms. The van der Waals surface area contributed by atoms with Crippen LogP contribution in [0, 0.1) is 6.92 Å². The number of nitrogens with two attached hydrogens (primary N) is 1. The van der Waals surface area contributed by atoms with E-state index in [1.54, 1.807) is 18.3 Å². The number of hydrogen-bond acceptors (Lipinski definition) is 2. The van der Waals surface area contributed by atoms with Crippen molar-refractivity contribution in [3.63, 3.8) is 0 Å². The van der Waals surface area contributed by atoms with Gasteiger partial charge in [0.05, 0.1) is 6.42 Å². The molecule has 0 saturated heterocycles. The number of hydrogen-bond donors (Lipinski definition) is 2. The molecule has 0 atom stereocenters. The van der Waals surface area contributed by atoms with Crippen molar-refractivity contribution in [2.75, 3.05) is 0 Å². The van der Waals surface area contributed by atoms with Crippen molar-refractivity contribution in [3.05, 3.63) is 58.9 Å². The maximum absolute atomic E-state index is 12.4. The van der Waals surface area contributed by atoms with Gasteiger partial charge in [-0.1, -0.05) is 24.3 Å². The Kier molecular flexibility index (Phi) is 3.28. The van der Waals surface area contributed by atoms with Gasteiger partial charge in [-0.25, -0.2) is 0 Å². The summed E-state index contributed by atoms with van der Waals surface area (Å²) in [5.74, 6) is -0.554. The van der Waals surface area contributed by atoms with Crippen molar-refractivity contribution in [1.82, 2.24) is 4.98 Å². The first-order valence-electron chi connectivity index (χ1n) is 5.64. The van der Waals surface area contributed by atoms with E-state index in [2.05, 4.69) is 4.98 Å². The predicted molar refractivity (Wildman–Crippen MR) is 68.3 cm³/mol. The number of aromatic amines is 1. The van der Waals surface area contributed by atoms with E-state index in [9.17, 15) is 9.59 Å². The fourth-order valence-electron chi connectivity index (χ4n) is 1.91. The quantitative estimate of drug-likeness (QED) is 0.799. The lowest BCUT2D eigenvalue weighted by Crippen LogP contribution is -2.16. The Morgan fingerprint density at radius 1 is 1.17 bits per heavy atom. The minimum atomic E-state index is -0.462. The van der Waals surface area contributed by atoms with Crippen LogP contribution < -0.4 is 5.73 Å². The average Bonchev–Trinajstić information content (AvgIpc) is 2.76. The van der Waals surface area contributed by atoms with Gasteiger partial charge in [0.25, 0.3) is 0 Å². The van der Waals surface area contributed by atoms with E-state index < -0.39 is 5.91 Å². The Bertz CT molecular complexity index is 599. The van der Waals surface area contributed by atoms with Crippen LogP contribution in [-0.2, 0) is 11.2 Å². The van der Waals surface area contributed by atoms with Crippen LogP contribution in [0.15, 0.2) is 36.5 Å². The molecule has 1 amide bonds. The molecule has 1 aromatic heterocycles. The van der Waals surface area contributed by atoms with Gasteiger partial charge in [0.2, 0.25) is 5.91 Å². The summed E-state index contributed by atoms with van der Waals surface area (Å²) in [5.41, 5.74) is 7.77. The normalized spacial score (nSPS) is 10.3. The standard InChI is InChI=1S/C14H14N2O2/c1-9-4-2-3-5-10(9)14(18)11-6-7-16-12(11)8-13(15)17/h2-7,16H,8H2,1H3,(H2,15,17). The number of aromatic nitrogens is 1. The molecule has 0 aliphatic rings. The average molecular weight is 242 g/mol. The summed E-state index contributed by atoms with van der Waals surface area (Å²) in [7, 11) is 0. The van der Waals surface area contributed by atoms with E-state index in [4.69, 9.17) is 5.73 Å². The van der Waals surface area contributed by atoms with Crippen LogP contribution >= 0.6 is 0 Å². The maximum atomic E-state index is 12.4. The zero-order valence-corrected chi connectivity index (χ0v) is 10.1. The van der Waals surface area contributed by atoms with Gasteiger partial charge in [-0.3, -0.25) is 9.59 Å². The summed E-state index contributed by atoms with van der Waals surface area (Å²) in [6.07, 6.45) is 1.68. The Morgan fingerprint density at radius 2 is 1.89 bits per heavy atom. The monoisotopic (exact) mass is 242 g/mol. The minimum absolute atomic E-state index is 0.0416. The Hall–Kier alpha value is -2.36. The van der Waals surface area contributed by atoms with E-state index in [0.29, 0.717) is 16.8 Å². The van der Waals surface area contributed by atoms with Crippen LogP contribution in [0.1, 0.15) is 27.2 Å². The van der Waals surface area contributed by atoms with Crippen molar-refractivity contribution in [3.8, 4) is 0 Å². The SMILES string of the molecule is Cc1ccccc1C(=O)c1cc[nH]c1CC(N)=O. The lowest BCUT2D eigenvalue weighted by atomic mass is 9.98. The molecule has 0 unspecified atom stereocenters. The summed E-state index contributed by atoms with van der Waals surface area (Å²) in [6, 6.07) is 9.04. The fraction of sp³-hybridized carbons (Fsp3) is 0.143. The molecule has 2 rings (SSSR count). The second-order valence-corrected chi connectivity index (χ2v) is 4.16. The zero-order valence-electron chi connectivity index (χ0n) is 10.1. The molecule has 92 valence electrons. The number of nitrogens with one attached hydrogen (secondary N) is 1. The highest BCUT2D eigenvalue weighted by molar-refractivity contribution is 6.11. The summed E-state index contributed by atoms with van der Waals surface area (Å²) < 4.78 is 0. The van der Waals surface area contributed by atoms with Crippen LogP contribution in [0.25, 0.3) is 0 Å². The van der Waals surface area contributed by atoms with Crippen molar-refractivity contribution < 1.29 is 9.59 Å². The van der Waals surface area contributed by atoms with E-state index in [0.717, 1.165) is 5.56 Å². The second-order valence-electron chi connectivity index (χ2n) is 4.16. The minimum Gasteiger partial charge on any atom is -0.369 e. The molecule has 0 aliphatic carbocycles. The molecule has 0 bridgehead atoms. The summed E-state index contributed by atoms with van der Waals surface area (Å²) in [6.45, 7) is 1.88. The third-order valence-electron chi connectivity index (χ3n) is 2.82.